The lowest BCUT2D eigenvalue weighted by Crippen LogP contribution is -2.30. The third-order valence-corrected chi connectivity index (χ3v) is 7.12. The molecule has 168 valence electrons. The number of benzene rings is 2. The number of fused-ring (bicyclic) bond motifs is 5. The van der Waals surface area contributed by atoms with Crippen molar-refractivity contribution >= 4 is 39.3 Å². The van der Waals surface area contributed by atoms with Gasteiger partial charge in [-0.1, -0.05) is 50.2 Å². The van der Waals surface area contributed by atoms with Crippen molar-refractivity contribution in [1.82, 2.24) is 19.5 Å². The molecule has 5 nitrogen and oxygen atoms in total. The van der Waals surface area contributed by atoms with Crippen molar-refractivity contribution in [3.05, 3.63) is 115 Å². The lowest BCUT2D eigenvalue weighted by molar-refractivity contribution is 0.631. The summed E-state index contributed by atoms with van der Waals surface area (Å²) in [5.41, 5.74) is 9.56. The highest BCUT2D eigenvalue weighted by atomic mass is 15.2. The smallest absolute Gasteiger partial charge is 0.138 e. The lowest BCUT2D eigenvalue weighted by Gasteiger charge is -2.41. The van der Waals surface area contributed by atoms with E-state index in [4.69, 9.17) is 9.97 Å². The lowest BCUT2D eigenvalue weighted by atomic mass is 9.73. The third-order valence-electron chi connectivity index (χ3n) is 7.12. The van der Waals surface area contributed by atoms with Gasteiger partial charge in [0.15, 0.2) is 0 Å². The molecule has 7 rings (SSSR count). The third kappa shape index (κ3) is 2.78. The van der Waals surface area contributed by atoms with Gasteiger partial charge in [0.25, 0.3) is 0 Å². The van der Waals surface area contributed by atoms with Gasteiger partial charge in [0.05, 0.1) is 34.3 Å². The number of para-hydroxylation sites is 2. The standard InChI is InChI=1S/C30H23N5/c1-30(2)21-10-3-5-12-23(21)35(24-13-6-4-11-22(24)30)27-16-15-26-29(33-27)28-25(14-8-18-32-28)34(26)20-9-7-17-31-19-20/h3-19H,1-2H3. The van der Waals surface area contributed by atoms with Crippen molar-refractivity contribution in [2.24, 2.45) is 0 Å². The molecule has 0 bridgehead atoms. The molecule has 2 aromatic carbocycles. The van der Waals surface area contributed by atoms with E-state index < -0.39 is 0 Å². The van der Waals surface area contributed by atoms with E-state index in [9.17, 15) is 0 Å². The maximum absolute atomic E-state index is 5.24. The molecule has 0 saturated carbocycles. The first-order valence-electron chi connectivity index (χ1n) is 11.8. The second-order valence-electron chi connectivity index (χ2n) is 9.45. The molecule has 0 fully saturated rings. The fourth-order valence-corrected chi connectivity index (χ4v) is 5.49. The molecular weight excluding hydrogens is 430 g/mol. The molecule has 0 aliphatic carbocycles. The Morgan fingerprint density at radius 3 is 2.06 bits per heavy atom. The molecule has 35 heavy (non-hydrogen) atoms. The Balaban J connectivity index is 1.52. The van der Waals surface area contributed by atoms with Gasteiger partial charge < -0.3 is 4.57 Å². The summed E-state index contributed by atoms with van der Waals surface area (Å²) in [7, 11) is 0. The quantitative estimate of drug-likeness (QED) is 0.281. The van der Waals surface area contributed by atoms with Gasteiger partial charge in [-0.2, -0.15) is 0 Å². The highest BCUT2D eigenvalue weighted by molar-refractivity contribution is 6.05. The Kier molecular flexibility index (Phi) is 4.12. The van der Waals surface area contributed by atoms with Crippen molar-refractivity contribution in [3.63, 3.8) is 0 Å². The van der Waals surface area contributed by atoms with Crippen molar-refractivity contribution in [1.29, 1.82) is 0 Å². The molecule has 0 amide bonds. The minimum atomic E-state index is -0.105. The number of hydrogen-bond donors (Lipinski definition) is 0. The summed E-state index contributed by atoms with van der Waals surface area (Å²) < 4.78 is 2.18. The molecule has 6 aromatic rings. The number of aromatic nitrogens is 4. The van der Waals surface area contributed by atoms with Gasteiger partial charge >= 0.3 is 0 Å². The van der Waals surface area contributed by atoms with Gasteiger partial charge in [-0.15, -0.1) is 0 Å². The summed E-state index contributed by atoms with van der Waals surface area (Å²) in [6.07, 6.45) is 5.50. The van der Waals surface area contributed by atoms with Crippen LogP contribution in [0.3, 0.4) is 0 Å². The molecular formula is C30H23N5. The molecule has 0 unspecified atom stereocenters. The van der Waals surface area contributed by atoms with Gasteiger partial charge in [-0.25, -0.2) is 4.98 Å². The average Bonchev–Trinajstić information content (AvgIpc) is 3.23. The normalized spacial score (nSPS) is 14.2. The minimum absolute atomic E-state index is 0.105. The topological polar surface area (TPSA) is 46.8 Å². The Labute approximate surface area is 203 Å². The highest BCUT2D eigenvalue weighted by Gasteiger charge is 2.37. The van der Waals surface area contributed by atoms with Crippen LogP contribution in [0.4, 0.5) is 17.2 Å². The predicted octanol–water partition coefficient (Wildman–Crippen LogP) is 7.08. The summed E-state index contributed by atoms with van der Waals surface area (Å²) in [4.78, 5) is 16.6. The van der Waals surface area contributed by atoms with E-state index in [0.717, 1.165) is 44.9 Å². The van der Waals surface area contributed by atoms with Gasteiger partial charge in [0.1, 0.15) is 16.9 Å². The van der Waals surface area contributed by atoms with Crippen LogP contribution in [0.2, 0.25) is 0 Å². The van der Waals surface area contributed by atoms with Crippen molar-refractivity contribution < 1.29 is 0 Å². The van der Waals surface area contributed by atoms with Gasteiger partial charge in [-0.05, 0) is 59.7 Å². The first-order chi connectivity index (χ1) is 17.1. The first-order valence-corrected chi connectivity index (χ1v) is 11.8. The second kappa shape index (κ2) is 7.24. The van der Waals surface area contributed by atoms with E-state index in [-0.39, 0.29) is 5.41 Å². The van der Waals surface area contributed by atoms with Crippen LogP contribution in [-0.4, -0.2) is 19.5 Å². The van der Waals surface area contributed by atoms with Crippen LogP contribution in [0.25, 0.3) is 27.8 Å². The summed E-state index contributed by atoms with van der Waals surface area (Å²) in [6.45, 7) is 4.59. The molecule has 0 N–H and O–H groups in total. The van der Waals surface area contributed by atoms with E-state index in [1.807, 2.05) is 24.5 Å². The maximum atomic E-state index is 5.24. The molecule has 5 heterocycles. The van der Waals surface area contributed by atoms with Gasteiger partial charge in [0.2, 0.25) is 0 Å². The first kappa shape index (κ1) is 19.9. The van der Waals surface area contributed by atoms with Crippen LogP contribution in [0.5, 0.6) is 0 Å². The largest absolute Gasteiger partial charge is 0.304 e. The molecule has 5 heteroatoms. The average molecular weight is 454 g/mol. The van der Waals surface area contributed by atoms with Crippen LogP contribution in [-0.2, 0) is 5.41 Å². The number of anilines is 3. The number of rotatable bonds is 2. The van der Waals surface area contributed by atoms with Crippen molar-refractivity contribution in [2.75, 3.05) is 4.90 Å². The summed E-state index contributed by atoms with van der Waals surface area (Å²) >= 11 is 0. The Bertz CT molecular complexity index is 1680. The molecule has 1 aliphatic rings. The predicted molar refractivity (Wildman–Crippen MR) is 141 cm³/mol. The van der Waals surface area contributed by atoms with E-state index in [0.29, 0.717) is 0 Å². The van der Waals surface area contributed by atoms with E-state index in [2.05, 4.69) is 101 Å². The number of hydrogen-bond acceptors (Lipinski definition) is 4. The maximum Gasteiger partial charge on any atom is 0.138 e. The Morgan fingerprint density at radius 2 is 1.34 bits per heavy atom. The van der Waals surface area contributed by atoms with Crippen molar-refractivity contribution in [2.45, 2.75) is 19.3 Å². The van der Waals surface area contributed by atoms with Crippen LogP contribution in [0.15, 0.2) is 104 Å². The molecule has 0 saturated heterocycles. The zero-order valence-electron chi connectivity index (χ0n) is 19.6. The fourth-order valence-electron chi connectivity index (χ4n) is 5.49. The molecule has 0 radical (unpaired) electrons. The zero-order valence-corrected chi connectivity index (χ0v) is 19.6. The zero-order chi connectivity index (χ0) is 23.6. The Morgan fingerprint density at radius 1 is 0.657 bits per heavy atom. The van der Waals surface area contributed by atoms with Gasteiger partial charge in [0, 0.05) is 17.8 Å². The summed E-state index contributed by atoms with van der Waals surface area (Å²) in [5, 5.41) is 0. The summed E-state index contributed by atoms with van der Waals surface area (Å²) in [6, 6.07) is 29.6. The number of nitrogens with zero attached hydrogens (tertiary/aromatic N) is 5. The van der Waals surface area contributed by atoms with Crippen LogP contribution in [0, 0.1) is 0 Å². The summed E-state index contributed by atoms with van der Waals surface area (Å²) in [5.74, 6) is 0.879. The Hall–Kier alpha value is -4.51. The van der Waals surface area contributed by atoms with Crippen LogP contribution < -0.4 is 4.90 Å². The number of pyridine rings is 3. The molecule has 0 atom stereocenters. The molecule has 4 aromatic heterocycles. The van der Waals surface area contributed by atoms with Gasteiger partial charge in [-0.3, -0.25) is 14.9 Å². The van der Waals surface area contributed by atoms with Crippen LogP contribution in [0.1, 0.15) is 25.0 Å². The molecule has 1 aliphatic heterocycles. The SMILES string of the molecule is CC1(C)c2ccccc2N(c2ccc3c(n2)c2ncccc2n3-c2cccnc2)c2ccccc21. The van der Waals surface area contributed by atoms with E-state index in [1.54, 1.807) is 6.20 Å². The van der Waals surface area contributed by atoms with Crippen LogP contribution >= 0.6 is 0 Å². The van der Waals surface area contributed by atoms with Crippen molar-refractivity contribution in [3.8, 4) is 5.69 Å². The highest BCUT2D eigenvalue weighted by Crippen LogP contribution is 2.51. The van der Waals surface area contributed by atoms with E-state index in [1.165, 1.54) is 11.1 Å². The minimum Gasteiger partial charge on any atom is -0.304 e. The molecule has 0 spiro atoms. The fraction of sp³-hybridized carbons (Fsp3) is 0.100. The second-order valence-corrected chi connectivity index (χ2v) is 9.45. The monoisotopic (exact) mass is 453 g/mol. The van der Waals surface area contributed by atoms with E-state index >= 15 is 0 Å².